The molecule has 0 aromatic heterocycles. The minimum atomic E-state index is -4.20. The molecule has 2 rings (SSSR count). The quantitative estimate of drug-likeness (QED) is 0.817. The number of hydrogen-bond donors (Lipinski definition) is 2. The van der Waals surface area contributed by atoms with E-state index >= 15 is 0 Å². The highest BCUT2D eigenvalue weighted by Gasteiger charge is 2.62. The van der Waals surface area contributed by atoms with Crippen LogP contribution in [0.2, 0.25) is 0 Å². The molecule has 0 unspecified atom stereocenters. The smallest absolute Gasteiger partial charge is 0.406 e. The fraction of sp³-hybridized carbons (Fsp3) is 0.500. The molecule has 0 radical (unpaired) electrons. The van der Waals surface area contributed by atoms with Gasteiger partial charge in [-0.25, -0.2) is 0 Å². The number of hydrogen-bond acceptors (Lipinski definition) is 3. The Labute approximate surface area is 103 Å². The van der Waals surface area contributed by atoms with Gasteiger partial charge in [-0.1, -0.05) is 6.07 Å². The zero-order chi connectivity index (χ0) is 13.4. The van der Waals surface area contributed by atoms with Gasteiger partial charge in [0.1, 0.15) is 11.3 Å². The fourth-order valence-corrected chi connectivity index (χ4v) is 1.86. The fourth-order valence-electron chi connectivity index (χ4n) is 1.86. The van der Waals surface area contributed by atoms with E-state index < -0.39 is 11.7 Å². The lowest BCUT2D eigenvalue weighted by atomic mass is 10.1. The maximum atomic E-state index is 12.7. The van der Waals surface area contributed by atoms with Crippen molar-refractivity contribution in [1.29, 1.82) is 0 Å². The van der Waals surface area contributed by atoms with E-state index in [0.717, 1.165) is 0 Å². The highest BCUT2D eigenvalue weighted by Crippen LogP contribution is 2.49. The Morgan fingerprint density at radius 3 is 2.56 bits per heavy atom. The Balaban J connectivity index is 2.07. The summed E-state index contributed by atoms with van der Waals surface area (Å²) in [6, 6.07) is 4.92. The summed E-state index contributed by atoms with van der Waals surface area (Å²) < 4.78 is 43.3. The van der Waals surface area contributed by atoms with Gasteiger partial charge >= 0.3 is 6.18 Å². The number of halogens is 3. The molecule has 0 bridgehead atoms. The normalized spacial score (nSPS) is 17.6. The second-order valence-electron chi connectivity index (χ2n) is 4.50. The summed E-state index contributed by atoms with van der Waals surface area (Å²) >= 11 is 0. The van der Waals surface area contributed by atoms with Crippen LogP contribution in [0.1, 0.15) is 18.4 Å². The van der Waals surface area contributed by atoms with Crippen molar-refractivity contribution in [3.05, 3.63) is 23.8 Å². The van der Waals surface area contributed by atoms with Crippen LogP contribution in [0.5, 0.6) is 5.75 Å². The van der Waals surface area contributed by atoms with E-state index in [1.54, 1.807) is 18.2 Å². The van der Waals surface area contributed by atoms with Crippen LogP contribution in [0.15, 0.2) is 18.2 Å². The zero-order valence-electron chi connectivity index (χ0n) is 9.97. The van der Waals surface area contributed by atoms with Gasteiger partial charge in [-0.2, -0.15) is 13.2 Å². The Bertz CT molecular complexity index is 441. The van der Waals surface area contributed by atoms with Crippen molar-refractivity contribution < 1.29 is 17.9 Å². The van der Waals surface area contributed by atoms with Crippen molar-refractivity contribution in [3.8, 4) is 5.75 Å². The molecular formula is C12H15F3N2O. The third kappa shape index (κ3) is 2.38. The molecule has 0 saturated heterocycles. The van der Waals surface area contributed by atoms with Crippen LogP contribution in [0.25, 0.3) is 0 Å². The highest BCUT2D eigenvalue weighted by molar-refractivity contribution is 5.48. The largest absolute Gasteiger partial charge is 0.496 e. The Kier molecular flexibility index (Phi) is 3.14. The van der Waals surface area contributed by atoms with Gasteiger partial charge in [0, 0.05) is 23.9 Å². The number of ether oxygens (including phenoxy) is 1. The maximum absolute atomic E-state index is 12.7. The van der Waals surface area contributed by atoms with E-state index in [2.05, 4.69) is 5.32 Å². The second-order valence-corrected chi connectivity index (χ2v) is 4.50. The SMILES string of the molecule is COc1cc(N)ccc1CNC1(C(F)(F)F)CC1. The lowest BCUT2D eigenvalue weighted by Crippen LogP contribution is -2.44. The number of methoxy groups -OCH3 is 1. The number of nitrogens with two attached hydrogens (primary N) is 1. The van der Waals surface area contributed by atoms with Gasteiger partial charge in [-0.15, -0.1) is 0 Å². The summed E-state index contributed by atoms with van der Waals surface area (Å²) in [5, 5.41) is 2.57. The van der Waals surface area contributed by atoms with Gasteiger partial charge in [-0.05, 0) is 18.9 Å². The Hall–Kier alpha value is -1.43. The van der Waals surface area contributed by atoms with Crippen LogP contribution in [-0.4, -0.2) is 18.8 Å². The van der Waals surface area contributed by atoms with Gasteiger partial charge in [0.15, 0.2) is 0 Å². The summed E-state index contributed by atoms with van der Waals surface area (Å²) in [5.74, 6) is 0.500. The van der Waals surface area contributed by atoms with Crippen molar-refractivity contribution in [1.82, 2.24) is 5.32 Å². The molecule has 1 fully saturated rings. The van der Waals surface area contributed by atoms with Crippen LogP contribution < -0.4 is 15.8 Å². The lowest BCUT2D eigenvalue weighted by Gasteiger charge is -2.21. The summed E-state index contributed by atoms with van der Waals surface area (Å²) in [6.45, 7) is 0.114. The van der Waals surface area contributed by atoms with Gasteiger partial charge in [0.25, 0.3) is 0 Å². The summed E-state index contributed by atoms with van der Waals surface area (Å²) in [6.07, 6.45) is -3.93. The molecule has 3 nitrogen and oxygen atoms in total. The van der Waals surface area contributed by atoms with Crippen molar-refractivity contribution in [2.24, 2.45) is 0 Å². The second kappa shape index (κ2) is 4.35. The number of anilines is 1. The summed E-state index contributed by atoms with van der Waals surface area (Å²) in [4.78, 5) is 0. The summed E-state index contributed by atoms with van der Waals surface area (Å²) in [5.41, 5.74) is 5.07. The predicted molar refractivity (Wildman–Crippen MR) is 62.3 cm³/mol. The van der Waals surface area contributed by atoms with Crippen molar-refractivity contribution in [2.75, 3.05) is 12.8 Å². The van der Waals surface area contributed by atoms with Gasteiger partial charge in [0.05, 0.1) is 7.11 Å². The van der Waals surface area contributed by atoms with E-state index in [9.17, 15) is 13.2 Å². The third-order valence-corrected chi connectivity index (χ3v) is 3.22. The molecule has 3 N–H and O–H groups in total. The van der Waals surface area contributed by atoms with E-state index in [4.69, 9.17) is 10.5 Å². The third-order valence-electron chi connectivity index (χ3n) is 3.22. The average molecular weight is 260 g/mol. The van der Waals surface area contributed by atoms with Gasteiger partial charge < -0.3 is 10.5 Å². The molecule has 1 aromatic rings. The molecule has 1 aliphatic carbocycles. The highest BCUT2D eigenvalue weighted by atomic mass is 19.4. The number of rotatable bonds is 4. The molecule has 100 valence electrons. The van der Waals surface area contributed by atoms with Crippen LogP contribution in [0, 0.1) is 0 Å². The van der Waals surface area contributed by atoms with Crippen LogP contribution >= 0.6 is 0 Å². The Morgan fingerprint density at radius 2 is 2.06 bits per heavy atom. The molecule has 0 spiro atoms. The lowest BCUT2D eigenvalue weighted by molar-refractivity contribution is -0.166. The Morgan fingerprint density at radius 1 is 1.39 bits per heavy atom. The predicted octanol–water partition coefficient (Wildman–Crippen LogP) is 2.46. The monoisotopic (exact) mass is 260 g/mol. The minimum Gasteiger partial charge on any atom is -0.496 e. The molecule has 1 aromatic carbocycles. The molecule has 0 aliphatic heterocycles. The van der Waals surface area contributed by atoms with E-state index in [0.29, 0.717) is 17.0 Å². The molecule has 0 atom stereocenters. The average Bonchev–Trinajstić information content (AvgIpc) is 3.07. The van der Waals surface area contributed by atoms with Gasteiger partial charge in [0.2, 0.25) is 0 Å². The van der Waals surface area contributed by atoms with Crippen LogP contribution in [0.4, 0.5) is 18.9 Å². The standard InChI is InChI=1S/C12H15F3N2O/c1-18-10-6-9(16)3-2-8(10)7-17-11(4-5-11)12(13,14)15/h2-3,6,17H,4-5,7,16H2,1H3. The van der Waals surface area contributed by atoms with E-state index in [1.165, 1.54) is 7.11 Å². The zero-order valence-corrected chi connectivity index (χ0v) is 9.97. The first-order valence-electron chi connectivity index (χ1n) is 5.62. The van der Waals surface area contributed by atoms with Gasteiger partial charge in [-0.3, -0.25) is 5.32 Å². The number of benzene rings is 1. The molecule has 0 heterocycles. The first-order chi connectivity index (χ1) is 8.38. The molecule has 18 heavy (non-hydrogen) atoms. The topological polar surface area (TPSA) is 47.3 Å². The first-order valence-corrected chi connectivity index (χ1v) is 5.62. The van der Waals surface area contributed by atoms with Crippen molar-refractivity contribution in [2.45, 2.75) is 31.1 Å². The molecule has 6 heteroatoms. The molecule has 1 saturated carbocycles. The summed E-state index contributed by atoms with van der Waals surface area (Å²) in [7, 11) is 1.47. The number of alkyl halides is 3. The number of nitrogen functional groups attached to an aromatic ring is 1. The minimum absolute atomic E-state index is 0.114. The van der Waals surface area contributed by atoms with E-state index in [1.807, 2.05) is 0 Å². The maximum Gasteiger partial charge on any atom is 0.406 e. The first kappa shape index (κ1) is 13.0. The molecule has 0 amide bonds. The molecular weight excluding hydrogens is 245 g/mol. The van der Waals surface area contributed by atoms with Crippen LogP contribution in [-0.2, 0) is 6.54 Å². The van der Waals surface area contributed by atoms with Crippen molar-refractivity contribution in [3.63, 3.8) is 0 Å². The number of nitrogens with one attached hydrogen (secondary N) is 1. The van der Waals surface area contributed by atoms with Crippen LogP contribution in [0.3, 0.4) is 0 Å². The molecule has 1 aliphatic rings. The van der Waals surface area contributed by atoms with Crippen molar-refractivity contribution >= 4 is 5.69 Å². The van der Waals surface area contributed by atoms with E-state index in [-0.39, 0.29) is 19.4 Å².